The predicted octanol–water partition coefficient (Wildman–Crippen LogP) is 4.27. The van der Waals surface area contributed by atoms with Gasteiger partial charge in [-0.15, -0.1) is 0 Å². The first-order valence-electron chi connectivity index (χ1n) is 7.02. The Morgan fingerprint density at radius 3 is 2.95 bits per heavy atom. The summed E-state index contributed by atoms with van der Waals surface area (Å²) in [5.74, 6) is 2.42. The van der Waals surface area contributed by atoms with Crippen LogP contribution in [0.1, 0.15) is 44.3 Å². The van der Waals surface area contributed by atoms with Crippen molar-refractivity contribution in [2.75, 3.05) is 5.73 Å². The molecule has 1 heterocycles. The average molecular weight is 292 g/mol. The van der Waals surface area contributed by atoms with E-state index in [1.807, 2.05) is 6.07 Å². The van der Waals surface area contributed by atoms with Gasteiger partial charge in [-0.2, -0.15) is 4.98 Å². The van der Waals surface area contributed by atoms with Crippen molar-refractivity contribution in [3.05, 3.63) is 29.0 Å². The molecule has 1 aliphatic carbocycles. The fourth-order valence-electron chi connectivity index (χ4n) is 2.88. The predicted molar refractivity (Wildman–Crippen MR) is 79.5 cm³/mol. The minimum absolute atomic E-state index is 0.406. The number of anilines is 1. The number of nitrogen functional groups attached to an aromatic ring is 1. The molecule has 5 heteroatoms. The van der Waals surface area contributed by atoms with Gasteiger partial charge >= 0.3 is 0 Å². The largest absolute Gasteiger partial charge is 0.399 e. The summed E-state index contributed by atoms with van der Waals surface area (Å²) in [6, 6.07) is 5.30. The van der Waals surface area contributed by atoms with Crippen molar-refractivity contribution in [1.29, 1.82) is 0 Å². The Balaban J connectivity index is 1.86. The van der Waals surface area contributed by atoms with Crippen LogP contribution in [0.3, 0.4) is 0 Å². The Labute approximate surface area is 123 Å². The molecule has 20 heavy (non-hydrogen) atoms. The lowest BCUT2D eigenvalue weighted by Gasteiger charge is -2.23. The second-order valence-electron chi connectivity index (χ2n) is 5.67. The fourth-order valence-corrected chi connectivity index (χ4v) is 3.15. The van der Waals surface area contributed by atoms with Crippen LogP contribution in [0.5, 0.6) is 0 Å². The van der Waals surface area contributed by atoms with Crippen LogP contribution < -0.4 is 5.73 Å². The number of hydrogen-bond donors (Lipinski definition) is 1. The molecule has 1 aliphatic rings. The van der Waals surface area contributed by atoms with E-state index in [0.29, 0.717) is 22.5 Å². The average Bonchev–Trinajstić information content (AvgIpc) is 2.88. The summed E-state index contributed by atoms with van der Waals surface area (Å²) in [4.78, 5) is 4.53. The lowest BCUT2D eigenvalue weighted by molar-refractivity contribution is 0.324. The molecule has 2 unspecified atom stereocenters. The van der Waals surface area contributed by atoms with Crippen LogP contribution in [0.4, 0.5) is 5.69 Å². The third-order valence-corrected chi connectivity index (χ3v) is 4.28. The topological polar surface area (TPSA) is 64.9 Å². The molecule has 2 aromatic rings. The molecule has 1 aromatic carbocycles. The lowest BCUT2D eigenvalue weighted by Crippen LogP contribution is -2.12. The number of benzene rings is 1. The van der Waals surface area contributed by atoms with Crippen molar-refractivity contribution in [2.45, 2.75) is 38.5 Å². The standard InChI is InChI=1S/C15H18ClN3O/c1-9-3-2-4-10(7-9)14-18-15(20-19-14)12-6-5-11(17)8-13(12)16/h5-6,8-10H,2-4,7,17H2,1H3. The van der Waals surface area contributed by atoms with Crippen molar-refractivity contribution < 1.29 is 4.52 Å². The molecule has 3 rings (SSSR count). The van der Waals surface area contributed by atoms with Gasteiger partial charge in [0.15, 0.2) is 5.82 Å². The molecule has 0 bridgehead atoms. The Hall–Kier alpha value is -1.55. The molecule has 0 spiro atoms. The second-order valence-corrected chi connectivity index (χ2v) is 6.07. The van der Waals surface area contributed by atoms with Crippen molar-refractivity contribution in [1.82, 2.24) is 10.1 Å². The Kier molecular flexibility index (Phi) is 3.66. The maximum absolute atomic E-state index is 6.17. The summed E-state index contributed by atoms with van der Waals surface area (Å²) in [7, 11) is 0. The van der Waals surface area contributed by atoms with Gasteiger partial charge in [-0.3, -0.25) is 0 Å². The first-order chi connectivity index (χ1) is 9.63. The molecular weight excluding hydrogens is 274 g/mol. The van der Waals surface area contributed by atoms with Gasteiger partial charge in [0.25, 0.3) is 5.89 Å². The van der Waals surface area contributed by atoms with Crippen LogP contribution in [-0.2, 0) is 0 Å². The summed E-state index contributed by atoms with van der Waals surface area (Å²) in [5.41, 5.74) is 7.06. The highest BCUT2D eigenvalue weighted by Crippen LogP contribution is 2.36. The van der Waals surface area contributed by atoms with E-state index in [2.05, 4.69) is 17.1 Å². The molecule has 0 radical (unpaired) electrons. The number of halogens is 1. The number of nitrogens with zero attached hydrogens (tertiary/aromatic N) is 2. The third-order valence-electron chi connectivity index (χ3n) is 3.97. The van der Waals surface area contributed by atoms with E-state index in [1.165, 1.54) is 12.8 Å². The molecule has 4 nitrogen and oxygen atoms in total. The first kappa shape index (κ1) is 13.4. The minimum atomic E-state index is 0.406. The maximum atomic E-state index is 6.17. The van der Waals surface area contributed by atoms with Crippen LogP contribution in [0.2, 0.25) is 5.02 Å². The SMILES string of the molecule is CC1CCCC(c2noc(-c3ccc(N)cc3Cl)n2)C1. The van der Waals surface area contributed by atoms with E-state index in [4.69, 9.17) is 21.9 Å². The van der Waals surface area contributed by atoms with Crippen LogP contribution in [-0.4, -0.2) is 10.1 Å². The van der Waals surface area contributed by atoms with Crippen LogP contribution in [0.25, 0.3) is 11.5 Å². The molecule has 1 fully saturated rings. The van der Waals surface area contributed by atoms with Gasteiger partial charge < -0.3 is 10.3 Å². The highest BCUT2D eigenvalue weighted by Gasteiger charge is 2.25. The number of nitrogens with two attached hydrogens (primary N) is 1. The van der Waals surface area contributed by atoms with Gasteiger partial charge in [-0.05, 0) is 37.0 Å². The summed E-state index contributed by atoms with van der Waals surface area (Å²) < 4.78 is 5.37. The van der Waals surface area contributed by atoms with E-state index in [-0.39, 0.29) is 0 Å². The van der Waals surface area contributed by atoms with Gasteiger partial charge in [0, 0.05) is 11.6 Å². The van der Waals surface area contributed by atoms with Crippen LogP contribution in [0.15, 0.2) is 22.7 Å². The monoisotopic (exact) mass is 291 g/mol. The summed E-state index contributed by atoms with van der Waals surface area (Å²) in [6.45, 7) is 2.28. The molecule has 0 amide bonds. The summed E-state index contributed by atoms with van der Waals surface area (Å²) in [6.07, 6.45) is 4.80. The zero-order chi connectivity index (χ0) is 14.1. The van der Waals surface area contributed by atoms with E-state index < -0.39 is 0 Å². The van der Waals surface area contributed by atoms with Crippen LogP contribution in [0, 0.1) is 5.92 Å². The van der Waals surface area contributed by atoms with E-state index in [9.17, 15) is 0 Å². The third kappa shape index (κ3) is 2.66. The van der Waals surface area contributed by atoms with Crippen molar-refractivity contribution in [3.8, 4) is 11.5 Å². The highest BCUT2D eigenvalue weighted by atomic mass is 35.5. The molecule has 0 saturated heterocycles. The zero-order valence-electron chi connectivity index (χ0n) is 11.5. The maximum Gasteiger partial charge on any atom is 0.259 e. The van der Waals surface area contributed by atoms with E-state index >= 15 is 0 Å². The van der Waals surface area contributed by atoms with Crippen molar-refractivity contribution in [2.24, 2.45) is 5.92 Å². The fraction of sp³-hybridized carbons (Fsp3) is 0.467. The Morgan fingerprint density at radius 1 is 1.35 bits per heavy atom. The van der Waals surface area contributed by atoms with Crippen LogP contribution >= 0.6 is 11.6 Å². The Morgan fingerprint density at radius 2 is 2.20 bits per heavy atom. The number of rotatable bonds is 2. The quantitative estimate of drug-likeness (QED) is 0.839. The molecule has 1 aromatic heterocycles. The second kappa shape index (κ2) is 5.44. The number of hydrogen-bond acceptors (Lipinski definition) is 4. The van der Waals surface area contributed by atoms with Crippen molar-refractivity contribution >= 4 is 17.3 Å². The first-order valence-corrected chi connectivity index (χ1v) is 7.40. The molecular formula is C15H18ClN3O. The molecule has 0 aliphatic heterocycles. The smallest absolute Gasteiger partial charge is 0.259 e. The van der Waals surface area contributed by atoms with E-state index in [0.717, 1.165) is 30.1 Å². The summed E-state index contributed by atoms with van der Waals surface area (Å²) >= 11 is 6.17. The van der Waals surface area contributed by atoms with Gasteiger partial charge in [-0.1, -0.05) is 36.5 Å². The van der Waals surface area contributed by atoms with Gasteiger partial charge in [0.2, 0.25) is 0 Å². The van der Waals surface area contributed by atoms with E-state index in [1.54, 1.807) is 12.1 Å². The lowest BCUT2D eigenvalue weighted by atomic mass is 9.82. The molecule has 106 valence electrons. The Bertz CT molecular complexity index is 611. The number of aromatic nitrogens is 2. The molecule has 1 saturated carbocycles. The molecule has 2 N–H and O–H groups in total. The van der Waals surface area contributed by atoms with Gasteiger partial charge in [0.05, 0.1) is 10.6 Å². The van der Waals surface area contributed by atoms with Crippen molar-refractivity contribution in [3.63, 3.8) is 0 Å². The normalized spacial score (nSPS) is 22.9. The molecule has 2 atom stereocenters. The van der Waals surface area contributed by atoms with Gasteiger partial charge in [-0.25, -0.2) is 0 Å². The summed E-state index contributed by atoms with van der Waals surface area (Å²) in [5, 5.41) is 4.68. The zero-order valence-corrected chi connectivity index (χ0v) is 12.2. The van der Waals surface area contributed by atoms with Gasteiger partial charge in [0.1, 0.15) is 0 Å². The minimum Gasteiger partial charge on any atom is -0.399 e. The highest BCUT2D eigenvalue weighted by molar-refractivity contribution is 6.33.